The molecule has 5 nitrogen and oxygen atoms in total. The molecule has 0 unspecified atom stereocenters. The van der Waals surface area contributed by atoms with Crippen LogP contribution in [0.2, 0.25) is 0 Å². The third kappa shape index (κ3) is 3.24. The molecule has 19 heavy (non-hydrogen) atoms. The van der Waals surface area contributed by atoms with Crippen molar-refractivity contribution in [1.82, 2.24) is 9.80 Å². The van der Waals surface area contributed by atoms with Crippen LogP contribution in [-0.4, -0.2) is 64.1 Å². The van der Waals surface area contributed by atoms with Gasteiger partial charge < -0.3 is 15.7 Å². The van der Waals surface area contributed by atoms with E-state index < -0.39 is 11.0 Å². The van der Waals surface area contributed by atoms with Crippen LogP contribution in [0.15, 0.2) is 0 Å². The monoisotopic (exact) mass is 285 g/mol. The van der Waals surface area contributed by atoms with E-state index in [9.17, 15) is 9.90 Å². The maximum Gasteiger partial charge on any atom is 0.235 e. The highest BCUT2D eigenvalue weighted by Crippen LogP contribution is 2.47. The van der Waals surface area contributed by atoms with Crippen LogP contribution in [0.4, 0.5) is 0 Å². The lowest BCUT2D eigenvalue weighted by Crippen LogP contribution is -2.54. The molecule has 1 saturated carbocycles. The Hall–Kier alpha value is -0.720. The molecule has 6 heteroatoms. The fourth-order valence-corrected chi connectivity index (χ4v) is 2.94. The summed E-state index contributed by atoms with van der Waals surface area (Å²) >= 11 is 5.02. The molecule has 0 bridgehead atoms. The summed E-state index contributed by atoms with van der Waals surface area (Å²) in [5, 5.41) is 9.80. The third-order valence-electron chi connectivity index (χ3n) is 3.90. The average Bonchev–Trinajstić information content (AvgIpc) is 3.08. The zero-order valence-electron chi connectivity index (χ0n) is 11.7. The number of carbonyl (C=O) groups excluding carboxylic acids is 1. The van der Waals surface area contributed by atoms with Gasteiger partial charge in [0.1, 0.15) is 0 Å². The summed E-state index contributed by atoms with van der Waals surface area (Å²) in [6, 6.07) is 0. The van der Waals surface area contributed by atoms with Crippen LogP contribution in [0.3, 0.4) is 0 Å². The number of piperazine rings is 1. The summed E-state index contributed by atoms with van der Waals surface area (Å²) in [5.41, 5.74) is 4.47. The molecule has 0 aromatic rings. The molecule has 2 fully saturated rings. The Labute approximate surface area is 119 Å². The molecule has 2 rings (SSSR count). The van der Waals surface area contributed by atoms with Gasteiger partial charge in [0.25, 0.3) is 0 Å². The average molecular weight is 285 g/mol. The fraction of sp³-hybridized carbons (Fsp3) is 0.846. The SMILES string of the molecule is CC(C)(O)CN1CCN(C(=O)C2(C(N)=S)CC2)CC1. The van der Waals surface area contributed by atoms with Crippen LogP contribution >= 0.6 is 12.2 Å². The van der Waals surface area contributed by atoms with E-state index in [1.165, 1.54) is 0 Å². The van der Waals surface area contributed by atoms with Crippen molar-refractivity contribution in [3.05, 3.63) is 0 Å². The van der Waals surface area contributed by atoms with Gasteiger partial charge in [0, 0.05) is 32.7 Å². The van der Waals surface area contributed by atoms with Gasteiger partial charge in [0.2, 0.25) is 5.91 Å². The van der Waals surface area contributed by atoms with Crippen molar-refractivity contribution in [2.45, 2.75) is 32.3 Å². The van der Waals surface area contributed by atoms with Gasteiger partial charge in [-0.25, -0.2) is 0 Å². The highest BCUT2D eigenvalue weighted by Gasteiger charge is 2.54. The summed E-state index contributed by atoms with van der Waals surface area (Å²) in [6.45, 7) is 7.22. The largest absolute Gasteiger partial charge is 0.392 e. The first kappa shape index (κ1) is 14.7. The third-order valence-corrected chi connectivity index (χ3v) is 4.29. The molecule has 1 aliphatic heterocycles. The molecule has 0 atom stereocenters. The Bertz CT molecular complexity index is 380. The van der Waals surface area contributed by atoms with E-state index >= 15 is 0 Å². The standard InChI is InChI=1S/C13H23N3O2S/c1-12(2,18)9-15-5-7-16(8-6-15)11(17)13(3-4-13)10(14)19/h18H,3-9H2,1-2H3,(H2,14,19). The maximum absolute atomic E-state index is 12.4. The Morgan fingerprint density at radius 2 is 1.84 bits per heavy atom. The van der Waals surface area contributed by atoms with E-state index in [2.05, 4.69) is 4.90 Å². The maximum atomic E-state index is 12.4. The van der Waals surface area contributed by atoms with Crippen LogP contribution in [0.25, 0.3) is 0 Å². The van der Waals surface area contributed by atoms with Crippen LogP contribution in [0.1, 0.15) is 26.7 Å². The number of rotatable bonds is 4. The lowest BCUT2D eigenvalue weighted by Gasteiger charge is -2.38. The molecule has 0 spiro atoms. The summed E-state index contributed by atoms with van der Waals surface area (Å²) in [7, 11) is 0. The van der Waals surface area contributed by atoms with Crippen molar-refractivity contribution in [3.8, 4) is 0 Å². The van der Waals surface area contributed by atoms with Crippen LogP contribution in [0.5, 0.6) is 0 Å². The molecular formula is C13H23N3O2S. The molecule has 1 amide bonds. The number of hydrogen-bond donors (Lipinski definition) is 2. The molecular weight excluding hydrogens is 262 g/mol. The highest BCUT2D eigenvalue weighted by molar-refractivity contribution is 7.80. The Morgan fingerprint density at radius 1 is 1.32 bits per heavy atom. The first-order chi connectivity index (χ1) is 8.74. The molecule has 2 aliphatic rings. The molecule has 1 aliphatic carbocycles. The minimum atomic E-state index is -0.692. The van der Waals surface area contributed by atoms with Gasteiger partial charge in [-0.15, -0.1) is 0 Å². The van der Waals surface area contributed by atoms with Gasteiger partial charge in [0.15, 0.2) is 0 Å². The van der Waals surface area contributed by atoms with Crippen LogP contribution < -0.4 is 5.73 Å². The molecule has 108 valence electrons. The van der Waals surface area contributed by atoms with Gasteiger partial charge in [-0.1, -0.05) is 12.2 Å². The van der Waals surface area contributed by atoms with Crippen molar-refractivity contribution in [2.75, 3.05) is 32.7 Å². The lowest BCUT2D eigenvalue weighted by molar-refractivity contribution is -0.136. The molecule has 1 saturated heterocycles. The van der Waals surface area contributed by atoms with E-state index in [4.69, 9.17) is 18.0 Å². The minimum absolute atomic E-state index is 0.0999. The van der Waals surface area contributed by atoms with Crippen LogP contribution in [0, 0.1) is 5.41 Å². The molecule has 3 N–H and O–H groups in total. The van der Waals surface area contributed by atoms with Gasteiger partial charge in [-0.3, -0.25) is 9.69 Å². The van der Waals surface area contributed by atoms with E-state index in [0.717, 1.165) is 25.9 Å². The summed E-state index contributed by atoms with van der Waals surface area (Å²) < 4.78 is 0. The van der Waals surface area contributed by atoms with Crippen molar-refractivity contribution in [3.63, 3.8) is 0 Å². The quantitative estimate of drug-likeness (QED) is 0.710. The van der Waals surface area contributed by atoms with Crippen molar-refractivity contribution in [2.24, 2.45) is 11.1 Å². The number of amides is 1. The topological polar surface area (TPSA) is 69.8 Å². The zero-order valence-corrected chi connectivity index (χ0v) is 12.5. The number of hydrogen-bond acceptors (Lipinski definition) is 4. The number of aliphatic hydroxyl groups is 1. The molecule has 1 heterocycles. The summed E-state index contributed by atoms with van der Waals surface area (Å²) in [6.07, 6.45) is 1.59. The smallest absolute Gasteiger partial charge is 0.235 e. The second kappa shape index (κ2) is 5.00. The number of β-amino-alcohol motifs (C(OH)–C–C–N with tert-alkyl or cyclic N) is 1. The predicted octanol–water partition coefficient (Wildman–Crippen LogP) is -0.0322. The van der Waals surface area contributed by atoms with Crippen LogP contribution in [-0.2, 0) is 4.79 Å². The Kier molecular flexibility index (Phi) is 3.86. The first-order valence-corrected chi connectivity index (χ1v) is 7.19. The van der Waals surface area contributed by atoms with E-state index in [1.54, 1.807) is 13.8 Å². The minimum Gasteiger partial charge on any atom is -0.392 e. The Morgan fingerprint density at radius 3 is 2.21 bits per heavy atom. The summed E-state index contributed by atoms with van der Waals surface area (Å²) in [4.78, 5) is 16.8. The van der Waals surface area contributed by atoms with Crippen molar-refractivity contribution < 1.29 is 9.90 Å². The molecule has 0 aromatic carbocycles. The fourth-order valence-electron chi connectivity index (χ4n) is 2.65. The summed E-state index contributed by atoms with van der Waals surface area (Å²) in [5.74, 6) is 0.0999. The van der Waals surface area contributed by atoms with E-state index in [1.807, 2.05) is 4.90 Å². The normalized spacial score (nSPS) is 23.2. The number of thiocarbonyl (C=S) groups is 1. The highest BCUT2D eigenvalue weighted by atomic mass is 32.1. The van der Waals surface area contributed by atoms with Gasteiger partial charge in [-0.2, -0.15) is 0 Å². The van der Waals surface area contributed by atoms with Gasteiger partial charge in [-0.05, 0) is 26.7 Å². The van der Waals surface area contributed by atoms with Crippen molar-refractivity contribution >= 4 is 23.1 Å². The van der Waals surface area contributed by atoms with E-state index in [0.29, 0.717) is 24.6 Å². The molecule has 0 aromatic heterocycles. The second-order valence-electron chi connectivity index (χ2n) is 6.33. The number of nitrogens with two attached hydrogens (primary N) is 1. The van der Waals surface area contributed by atoms with Gasteiger partial charge in [0.05, 0.1) is 16.0 Å². The van der Waals surface area contributed by atoms with Gasteiger partial charge >= 0.3 is 0 Å². The predicted molar refractivity (Wildman–Crippen MR) is 77.8 cm³/mol. The number of carbonyl (C=O) groups is 1. The van der Waals surface area contributed by atoms with Crippen molar-refractivity contribution in [1.29, 1.82) is 0 Å². The molecule has 0 radical (unpaired) electrons. The first-order valence-electron chi connectivity index (χ1n) is 6.79. The Balaban J connectivity index is 1.87. The zero-order chi connectivity index (χ0) is 14.3. The lowest BCUT2D eigenvalue weighted by atomic mass is 10.0. The second-order valence-corrected chi connectivity index (χ2v) is 6.77. The number of nitrogens with zero attached hydrogens (tertiary/aromatic N) is 2. The van der Waals surface area contributed by atoms with E-state index in [-0.39, 0.29) is 5.91 Å².